The largest absolute Gasteiger partial charge is 0.463 e. The van der Waals surface area contributed by atoms with Crippen LogP contribution in [0.15, 0.2) is 76.1 Å². The van der Waals surface area contributed by atoms with Gasteiger partial charge >= 0.3 is 5.97 Å². The number of amides is 2. The highest BCUT2D eigenvalue weighted by Gasteiger charge is 2.36. The third-order valence-corrected chi connectivity index (χ3v) is 6.23. The molecule has 3 aromatic carbocycles. The zero-order valence-corrected chi connectivity index (χ0v) is 17.8. The number of carbonyl (C=O) groups is 3. The van der Waals surface area contributed by atoms with Crippen LogP contribution in [0.2, 0.25) is 0 Å². The SMILES string of the molecule is COC(=O)c1ccc(CN2C(=O)SC(=Cc3c4ccccc4cc4ccccc34)C2=O)o1. The summed E-state index contributed by atoms with van der Waals surface area (Å²) < 4.78 is 10.0. The summed E-state index contributed by atoms with van der Waals surface area (Å²) in [5, 5.41) is 3.74. The van der Waals surface area contributed by atoms with Gasteiger partial charge in [-0.2, -0.15) is 0 Å². The van der Waals surface area contributed by atoms with Gasteiger partial charge in [-0.25, -0.2) is 4.79 Å². The van der Waals surface area contributed by atoms with Gasteiger partial charge < -0.3 is 9.15 Å². The van der Waals surface area contributed by atoms with Gasteiger partial charge in [0.15, 0.2) is 0 Å². The molecule has 0 N–H and O–H groups in total. The van der Waals surface area contributed by atoms with Gasteiger partial charge in [-0.05, 0) is 63.1 Å². The van der Waals surface area contributed by atoms with Crippen molar-refractivity contribution in [2.24, 2.45) is 0 Å². The number of imide groups is 1. The third-order valence-electron chi connectivity index (χ3n) is 5.32. The first-order chi connectivity index (χ1) is 15.5. The maximum Gasteiger partial charge on any atom is 0.373 e. The van der Waals surface area contributed by atoms with Crippen molar-refractivity contribution in [2.45, 2.75) is 6.54 Å². The van der Waals surface area contributed by atoms with Crippen molar-refractivity contribution in [1.29, 1.82) is 0 Å². The second kappa shape index (κ2) is 8.01. The van der Waals surface area contributed by atoms with Crippen molar-refractivity contribution in [1.82, 2.24) is 4.90 Å². The fourth-order valence-corrected chi connectivity index (χ4v) is 4.62. The van der Waals surface area contributed by atoms with Gasteiger partial charge in [0.05, 0.1) is 18.6 Å². The topological polar surface area (TPSA) is 76.8 Å². The van der Waals surface area contributed by atoms with E-state index in [9.17, 15) is 14.4 Å². The van der Waals surface area contributed by atoms with Crippen molar-refractivity contribution in [3.63, 3.8) is 0 Å². The number of nitrogens with zero attached hydrogens (tertiary/aromatic N) is 1. The molecule has 0 spiro atoms. The lowest BCUT2D eigenvalue weighted by molar-refractivity contribution is -0.123. The monoisotopic (exact) mass is 443 g/mol. The second-order valence-electron chi connectivity index (χ2n) is 7.26. The van der Waals surface area contributed by atoms with Crippen molar-refractivity contribution in [3.8, 4) is 0 Å². The normalized spacial score (nSPS) is 15.3. The Morgan fingerprint density at radius 2 is 1.66 bits per heavy atom. The number of hydrogen-bond donors (Lipinski definition) is 0. The molecule has 6 nitrogen and oxygen atoms in total. The molecule has 158 valence electrons. The molecular formula is C25H17NO5S. The van der Waals surface area contributed by atoms with Gasteiger partial charge in [0.1, 0.15) is 5.76 Å². The van der Waals surface area contributed by atoms with Crippen LogP contribution in [-0.4, -0.2) is 29.1 Å². The first-order valence-electron chi connectivity index (χ1n) is 9.88. The summed E-state index contributed by atoms with van der Waals surface area (Å²) in [5.41, 5.74) is 0.898. The molecule has 0 atom stereocenters. The molecule has 0 bridgehead atoms. The molecule has 1 aromatic heterocycles. The van der Waals surface area contributed by atoms with Crippen LogP contribution in [0.25, 0.3) is 27.6 Å². The number of rotatable bonds is 4. The van der Waals surface area contributed by atoms with Gasteiger partial charge in [0.25, 0.3) is 11.1 Å². The molecule has 0 aliphatic carbocycles. The van der Waals surface area contributed by atoms with Crippen molar-refractivity contribution >= 4 is 56.5 Å². The molecule has 1 aliphatic rings. The zero-order chi connectivity index (χ0) is 22.2. The highest BCUT2D eigenvalue weighted by atomic mass is 32.2. The number of fused-ring (bicyclic) bond motifs is 2. The van der Waals surface area contributed by atoms with E-state index in [1.54, 1.807) is 12.1 Å². The van der Waals surface area contributed by atoms with E-state index in [0.29, 0.717) is 10.7 Å². The highest BCUT2D eigenvalue weighted by molar-refractivity contribution is 8.18. The van der Waals surface area contributed by atoms with E-state index in [0.717, 1.165) is 43.8 Å². The summed E-state index contributed by atoms with van der Waals surface area (Å²) in [6.45, 7) is -0.0602. The Morgan fingerprint density at radius 1 is 1.00 bits per heavy atom. The lowest BCUT2D eigenvalue weighted by Crippen LogP contribution is -2.27. The fourth-order valence-electron chi connectivity index (χ4n) is 3.80. The van der Waals surface area contributed by atoms with E-state index in [4.69, 9.17) is 4.42 Å². The zero-order valence-electron chi connectivity index (χ0n) is 17.0. The molecule has 1 fully saturated rings. The second-order valence-corrected chi connectivity index (χ2v) is 8.25. The Bertz CT molecular complexity index is 1380. The maximum atomic E-state index is 13.1. The standard InChI is InChI=1S/C25H17NO5S/c1-30-24(28)21-11-10-17(31-21)14-26-23(27)22(32-25(26)29)13-20-18-8-4-2-6-15(18)12-16-7-3-5-9-19(16)20/h2-13H,14H2,1H3. The summed E-state index contributed by atoms with van der Waals surface area (Å²) in [6, 6.07) is 21.1. The Balaban J connectivity index is 1.52. The number of esters is 1. The number of ether oxygens (including phenoxy) is 1. The van der Waals surface area contributed by atoms with E-state index >= 15 is 0 Å². The van der Waals surface area contributed by atoms with Crippen LogP contribution in [0.5, 0.6) is 0 Å². The molecule has 2 heterocycles. The van der Waals surface area contributed by atoms with E-state index in [2.05, 4.69) is 10.8 Å². The molecule has 1 aliphatic heterocycles. The molecule has 32 heavy (non-hydrogen) atoms. The van der Waals surface area contributed by atoms with Gasteiger partial charge in [0.2, 0.25) is 5.76 Å². The van der Waals surface area contributed by atoms with Crippen LogP contribution < -0.4 is 0 Å². The third kappa shape index (κ3) is 3.46. The molecule has 5 rings (SSSR count). The summed E-state index contributed by atoms with van der Waals surface area (Å²) in [4.78, 5) is 38.7. The smallest absolute Gasteiger partial charge is 0.373 e. The van der Waals surface area contributed by atoms with Crippen molar-refractivity contribution in [3.05, 3.63) is 88.7 Å². The van der Waals surface area contributed by atoms with Crippen LogP contribution in [0.3, 0.4) is 0 Å². The molecule has 1 saturated heterocycles. The number of carbonyl (C=O) groups excluding carboxylic acids is 3. The molecule has 0 unspecified atom stereocenters. The Morgan fingerprint density at radius 3 is 2.31 bits per heavy atom. The van der Waals surface area contributed by atoms with Crippen LogP contribution in [0.4, 0.5) is 4.79 Å². The molecule has 4 aromatic rings. The lowest BCUT2D eigenvalue weighted by Gasteiger charge is -2.11. The quantitative estimate of drug-likeness (QED) is 0.232. The lowest BCUT2D eigenvalue weighted by atomic mass is 9.96. The van der Waals surface area contributed by atoms with Gasteiger partial charge in [-0.3, -0.25) is 14.5 Å². The number of hydrogen-bond acceptors (Lipinski definition) is 6. The van der Waals surface area contributed by atoms with Crippen LogP contribution >= 0.6 is 11.8 Å². The maximum absolute atomic E-state index is 13.1. The van der Waals surface area contributed by atoms with E-state index < -0.39 is 11.9 Å². The van der Waals surface area contributed by atoms with E-state index in [1.165, 1.54) is 13.2 Å². The summed E-state index contributed by atoms with van der Waals surface area (Å²) in [5.74, 6) is -0.669. The van der Waals surface area contributed by atoms with Crippen LogP contribution in [0, 0.1) is 0 Å². The minimum absolute atomic E-state index is 0.0206. The molecule has 0 saturated carbocycles. The fraction of sp³-hybridized carbons (Fsp3) is 0.0800. The summed E-state index contributed by atoms with van der Waals surface area (Å²) in [7, 11) is 1.25. The Kier molecular flexibility index (Phi) is 5.03. The summed E-state index contributed by atoms with van der Waals surface area (Å²) in [6.07, 6.45) is 1.79. The number of methoxy groups -OCH3 is 1. The first kappa shape index (κ1) is 20.1. The minimum atomic E-state index is -0.617. The molecular weight excluding hydrogens is 426 g/mol. The average molecular weight is 443 g/mol. The van der Waals surface area contributed by atoms with Gasteiger partial charge in [-0.1, -0.05) is 48.5 Å². The molecule has 0 radical (unpaired) electrons. The number of furan rings is 1. The van der Waals surface area contributed by atoms with Crippen LogP contribution in [0.1, 0.15) is 21.9 Å². The minimum Gasteiger partial charge on any atom is -0.463 e. The number of thioether (sulfide) groups is 1. The average Bonchev–Trinajstić information content (AvgIpc) is 3.39. The highest BCUT2D eigenvalue weighted by Crippen LogP contribution is 2.37. The van der Waals surface area contributed by atoms with Gasteiger partial charge in [-0.15, -0.1) is 0 Å². The van der Waals surface area contributed by atoms with Crippen molar-refractivity contribution < 1.29 is 23.5 Å². The predicted molar refractivity (Wildman–Crippen MR) is 123 cm³/mol. The van der Waals surface area contributed by atoms with E-state index in [-0.39, 0.29) is 17.5 Å². The Labute approximate surface area is 187 Å². The first-order valence-corrected chi connectivity index (χ1v) is 10.7. The summed E-state index contributed by atoms with van der Waals surface area (Å²) >= 11 is 0.896. The predicted octanol–water partition coefficient (Wildman–Crippen LogP) is 5.61. The van der Waals surface area contributed by atoms with Crippen LogP contribution in [-0.2, 0) is 16.1 Å². The Hall–Kier alpha value is -3.84. The number of benzene rings is 3. The van der Waals surface area contributed by atoms with Crippen molar-refractivity contribution in [2.75, 3.05) is 7.11 Å². The van der Waals surface area contributed by atoms with E-state index in [1.807, 2.05) is 48.5 Å². The molecule has 2 amide bonds. The molecule has 7 heteroatoms. The van der Waals surface area contributed by atoms with Gasteiger partial charge in [0, 0.05) is 0 Å².